The largest absolute Gasteiger partial charge is 0.488 e. The number of rotatable bonds is 4. The molecule has 0 aliphatic rings. The standard InChI is InChI=1S/C14H11Cl2FN2O2/c15-9-1-3-11(14(18)19-20)13(6-9)21-7-8-5-10(17)2-4-12(8)16/h1-6,20H,7H2,(H2,18,19). The maximum Gasteiger partial charge on any atom is 0.173 e. The molecule has 21 heavy (non-hydrogen) atoms. The van der Waals surface area contributed by atoms with E-state index in [0.717, 1.165) is 0 Å². The van der Waals surface area contributed by atoms with Gasteiger partial charge in [-0.05, 0) is 36.4 Å². The zero-order chi connectivity index (χ0) is 15.4. The summed E-state index contributed by atoms with van der Waals surface area (Å²) in [6.07, 6.45) is 0. The molecule has 0 unspecified atom stereocenters. The van der Waals surface area contributed by atoms with Gasteiger partial charge in [-0.1, -0.05) is 28.4 Å². The molecule has 2 aromatic carbocycles. The molecule has 0 fully saturated rings. The first-order valence-corrected chi connectivity index (χ1v) is 6.61. The third-order valence-corrected chi connectivity index (χ3v) is 3.32. The van der Waals surface area contributed by atoms with Gasteiger partial charge in [0.25, 0.3) is 0 Å². The van der Waals surface area contributed by atoms with E-state index < -0.39 is 5.82 Å². The van der Waals surface area contributed by atoms with Crippen molar-refractivity contribution >= 4 is 29.0 Å². The summed E-state index contributed by atoms with van der Waals surface area (Å²) in [7, 11) is 0. The fraction of sp³-hybridized carbons (Fsp3) is 0.0714. The molecule has 0 saturated heterocycles. The Morgan fingerprint density at radius 3 is 2.71 bits per heavy atom. The van der Waals surface area contributed by atoms with Crippen LogP contribution in [-0.2, 0) is 6.61 Å². The zero-order valence-corrected chi connectivity index (χ0v) is 12.2. The summed E-state index contributed by atoms with van der Waals surface area (Å²) >= 11 is 11.9. The minimum absolute atomic E-state index is 0.0165. The Morgan fingerprint density at radius 1 is 1.24 bits per heavy atom. The lowest BCUT2D eigenvalue weighted by Crippen LogP contribution is -2.15. The number of halogens is 3. The van der Waals surface area contributed by atoms with Crippen molar-refractivity contribution in [3.05, 3.63) is 63.4 Å². The molecule has 0 radical (unpaired) electrons. The fourth-order valence-electron chi connectivity index (χ4n) is 1.69. The van der Waals surface area contributed by atoms with Crippen molar-refractivity contribution in [3.63, 3.8) is 0 Å². The van der Waals surface area contributed by atoms with E-state index in [-0.39, 0.29) is 12.4 Å². The Balaban J connectivity index is 2.27. The fourth-order valence-corrected chi connectivity index (χ4v) is 2.02. The molecule has 0 aliphatic heterocycles. The quantitative estimate of drug-likeness (QED) is 0.388. The van der Waals surface area contributed by atoms with Gasteiger partial charge in [0.05, 0.1) is 5.56 Å². The molecule has 0 heterocycles. The van der Waals surface area contributed by atoms with Crippen LogP contribution < -0.4 is 10.5 Å². The van der Waals surface area contributed by atoms with Crippen molar-refractivity contribution in [2.45, 2.75) is 6.61 Å². The van der Waals surface area contributed by atoms with Gasteiger partial charge in [0.15, 0.2) is 5.84 Å². The summed E-state index contributed by atoms with van der Waals surface area (Å²) in [5.41, 5.74) is 6.40. The van der Waals surface area contributed by atoms with Gasteiger partial charge in [0, 0.05) is 15.6 Å². The molecule has 2 rings (SSSR count). The van der Waals surface area contributed by atoms with Crippen molar-refractivity contribution in [1.29, 1.82) is 0 Å². The molecule has 2 aromatic rings. The molecular weight excluding hydrogens is 318 g/mol. The number of hydrogen-bond donors (Lipinski definition) is 2. The van der Waals surface area contributed by atoms with Crippen LogP contribution in [0, 0.1) is 5.82 Å². The maximum atomic E-state index is 13.2. The van der Waals surface area contributed by atoms with E-state index in [4.69, 9.17) is 38.9 Å². The van der Waals surface area contributed by atoms with Crippen molar-refractivity contribution in [2.24, 2.45) is 10.9 Å². The van der Waals surface area contributed by atoms with Crippen LogP contribution in [0.1, 0.15) is 11.1 Å². The van der Waals surface area contributed by atoms with Crippen molar-refractivity contribution < 1.29 is 14.3 Å². The van der Waals surface area contributed by atoms with Gasteiger partial charge in [-0.2, -0.15) is 0 Å². The Hall–Kier alpha value is -1.98. The number of amidine groups is 1. The molecule has 110 valence electrons. The lowest BCUT2D eigenvalue weighted by Gasteiger charge is -2.12. The van der Waals surface area contributed by atoms with Gasteiger partial charge in [0.1, 0.15) is 18.2 Å². The molecule has 0 amide bonds. The van der Waals surface area contributed by atoms with E-state index >= 15 is 0 Å². The molecule has 0 aliphatic carbocycles. The number of nitrogens with zero attached hydrogens (tertiary/aromatic N) is 1. The minimum Gasteiger partial charge on any atom is -0.488 e. The lowest BCUT2D eigenvalue weighted by atomic mass is 10.2. The average Bonchev–Trinajstić information content (AvgIpc) is 2.47. The molecule has 0 aromatic heterocycles. The molecule has 0 spiro atoms. The molecule has 7 heteroatoms. The van der Waals surface area contributed by atoms with Crippen LogP contribution in [0.4, 0.5) is 4.39 Å². The van der Waals surface area contributed by atoms with Gasteiger partial charge in [-0.15, -0.1) is 0 Å². The van der Waals surface area contributed by atoms with Gasteiger partial charge < -0.3 is 15.7 Å². The second-order valence-corrected chi connectivity index (χ2v) is 4.99. The van der Waals surface area contributed by atoms with Crippen molar-refractivity contribution in [1.82, 2.24) is 0 Å². The normalized spacial score (nSPS) is 11.5. The summed E-state index contributed by atoms with van der Waals surface area (Å²) in [5.74, 6) is -0.231. The summed E-state index contributed by atoms with van der Waals surface area (Å²) in [6, 6.07) is 8.63. The zero-order valence-electron chi connectivity index (χ0n) is 10.7. The third-order valence-electron chi connectivity index (χ3n) is 2.72. The van der Waals surface area contributed by atoms with Crippen LogP contribution in [0.25, 0.3) is 0 Å². The Labute approximate surface area is 130 Å². The number of oxime groups is 1. The van der Waals surface area contributed by atoms with E-state index in [1.165, 1.54) is 24.3 Å². The van der Waals surface area contributed by atoms with Crippen LogP contribution in [0.5, 0.6) is 5.75 Å². The van der Waals surface area contributed by atoms with Gasteiger partial charge >= 0.3 is 0 Å². The molecule has 0 bridgehead atoms. The Bertz CT molecular complexity index is 693. The van der Waals surface area contributed by atoms with E-state index in [1.807, 2.05) is 0 Å². The van der Waals surface area contributed by atoms with Crippen molar-refractivity contribution in [3.8, 4) is 5.75 Å². The maximum absolute atomic E-state index is 13.2. The number of ether oxygens (including phenoxy) is 1. The third kappa shape index (κ3) is 3.77. The topological polar surface area (TPSA) is 67.8 Å². The number of nitrogens with two attached hydrogens (primary N) is 1. The molecule has 0 saturated carbocycles. The smallest absolute Gasteiger partial charge is 0.173 e. The molecule has 0 atom stereocenters. The highest BCUT2D eigenvalue weighted by molar-refractivity contribution is 6.31. The predicted octanol–water partition coefficient (Wildman–Crippen LogP) is 3.81. The monoisotopic (exact) mass is 328 g/mol. The van der Waals surface area contributed by atoms with Crippen LogP contribution in [0.2, 0.25) is 10.0 Å². The molecule has 3 N–H and O–H groups in total. The summed E-state index contributed by atoms with van der Waals surface area (Å²) in [6.45, 7) is 0.0165. The van der Waals surface area contributed by atoms with Crippen LogP contribution >= 0.6 is 23.2 Å². The molecular formula is C14H11Cl2FN2O2. The first kappa shape index (κ1) is 15.4. The number of benzene rings is 2. The highest BCUT2D eigenvalue weighted by atomic mass is 35.5. The van der Waals surface area contributed by atoms with E-state index in [1.54, 1.807) is 12.1 Å². The predicted molar refractivity (Wildman–Crippen MR) is 79.7 cm³/mol. The van der Waals surface area contributed by atoms with Crippen LogP contribution in [0.3, 0.4) is 0 Å². The average molecular weight is 329 g/mol. The Morgan fingerprint density at radius 2 is 2.00 bits per heavy atom. The highest BCUT2D eigenvalue weighted by Crippen LogP contribution is 2.26. The second-order valence-electron chi connectivity index (χ2n) is 4.15. The Kier molecular flexibility index (Phi) is 4.88. The highest BCUT2D eigenvalue weighted by Gasteiger charge is 2.11. The van der Waals surface area contributed by atoms with Gasteiger partial charge in [0.2, 0.25) is 0 Å². The first-order valence-electron chi connectivity index (χ1n) is 5.85. The van der Waals surface area contributed by atoms with Gasteiger partial charge in [-0.25, -0.2) is 4.39 Å². The summed E-state index contributed by atoms with van der Waals surface area (Å²) < 4.78 is 18.7. The second kappa shape index (κ2) is 6.65. The summed E-state index contributed by atoms with van der Waals surface area (Å²) in [4.78, 5) is 0. The lowest BCUT2D eigenvalue weighted by molar-refractivity contribution is 0.302. The minimum atomic E-state index is -0.416. The van der Waals surface area contributed by atoms with Crippen LogP contribution in [0.15, 0.2) is 41.6 Å². The number of hydrogen-bond acceptors (Lipinski definition) is 3. The summed E-state index contributed by atoms with van der Waals surface area (Å²) in [5, 5.41) is 12.5. The van der Waals surface area contributed by atoms with E-state index in [0.29, 0.717) is 26.9 Å². The SMILES string of the molecule is N/C(=N/O)c1ccc(Cl)cc1OCc1cc(F)ccc1Cl. The van der Waals surface area contributed by atoms with Crippen LogP contribution in [-0.4, -0.2) is 11.0 Å². The molecule has 4 nitrogen and oxygen atoms in total. The van der Waals surface area contributed by atoms with E-state index in [2.05, 4.69) is 5.16 Å². The first-order chi connectivity index (χ1) is 10.0. The van der Waals surface area contributed by atoms with Crippen molar-refractivity contribution in [2.75, 3.05) is 0 Å². The van der Waals surface area contributed by atoms with E-state index in [9.17, 15) is 4.39 Å². The van der Waals surface area contributed by atoms with Gasteiger partial charge in [-0.3, -0.25) is 0 Å².